The van der Waals surface area contributed by atoms with Crippen LogP contribution in [0.3, 0.4) is 0 Å². The van der Waals surface area contributed by atoms with E-state index in [4.69, 9.17) is 15.2 Å². The van der Waals surface area contributed by atoms with Crippen molar-refractivity contribution in [1.82, 2.24) is 5.32 Å². The van der Waals surface area contributed by atoms with Crippen molar-refractivity contribution in [3.63, 3.8) is 0 Å². The third kappa shape index (κ3) is 5.90. The van der Waals surface area contributed by atoms with Gasteiger partial charge in [0.25, 0.3) is 5.91 Å². The van der Waals surface area contributed by atoms with Crippen LogP contribution < -0.4 is 20.5 Å². The highest BCUT2D eigenvalue weighted by molar-refractivity contribution is 5.77. The van der Waals surface area contributed by atoms with Crippen LogP contribution in [0.25, 0.3) is 0 Å². The van der Waals surface area contributed by atoms with Gasteiger partial charge >= 0.3 is 0 Å². The Kier molecular flexibility index (Phi) is 6.29. The number of rotatable bonds is 8. The molecule has 0 atom stereocenters. The lowest BCUT2D eigenvalue weighted by Crippen LogP contribution is -2.30. The molecule has 2 rings (SSSR count). The molecule has 0 aliphatic carbocycles. The van der Waals surface area contributed by atoms with Crippen molar-refractivity contribution in [2.24, 2.45) is 0 Å². The molecule has 0 aromatic heterocycles. The molecule has 122 valence electrons. The smallest absolute Gasteiger partial charge is 0.257 e. The summed E-state index contributed by atoms with van der Waals surface area (Å²) >= 11 is 0. The maximum absolute atomic E-state index is 11.7. The number of nitrogens with two attached hydrogens (primary N) is 1. The minimum Gasteiger partial charge on any atom is -0.494 e. The SMILES string of the molecule is CCOc1ccc(OCC(=O)NCCc2ccc(N)cc2)cc1. The molecule has 1 amide bonds. The molecule has 5 nitrogen and oxygen atoms in total. The number of amides is 1. The average molecular weight is 314 g/mol. The molecule has 3 N–H and O–H groups in total. The number of ether oxygens (including phenoxy) is 2. The molecule has 2 aromatic rings. The summed E-state index contributed by atoms with van der Waals surface area (Å²) in [6.07, 6.45) is 0.759. The van der Waals surface area contributed by atoms with Crippen LogP contribution >= 0.6 is 0 Å². The zero-order chi connectivity index (χ0) is 16.5. The minimum atomic E-state index is -0.144. The summed E-state index contributed by atoms with van der Waals surface area (Å²) in [6, 6.07) is 14.8. The third-order valence-corrected chi connectivity index (χ3v) is 3.22. The van der Waals surface area contributed by atoms with Crippen LogP contribution in [0.4, 0.5) is 5.69 Å². The summed E-state index contributed by atoms with van der Waals surface area (Å²) in [6.45, 7) is 3.11. The highest BCUT2D eigenvalue weighted by Crippen LogP contribution is 2.17. The van der Waals surface area contributed by atoms with E-state index in [1.54, 1.807) is 12.1 Å². The summed E-state index contributed by atoms with van der Waals surface area (Å²) in [5.41, 5.74) is 7.50. The van der Waals surface area contributed by atoms with E-state index in [1.807, 2.05) is 43.3 Å². The van der Waals surface area contributed by atoms with Gasteiger partial charge in [-0.05, 0) is 55.3 Å². The molecule has 0 unspecified atom stereocenters. The fraction of sp³-hybridized carbons (Fsp3) is 0.278. The van der Waals surface area contributed by atoms with Crippen LogP contribution in [-0.2, 0) is 11.2 Å². The summed E-state index contributed by atoms with van der Waals surface area (Å²) in [5.74, 6) is 1.28. The van der Waals surface area contributed by atoms with Gasteiger partial charge in [0.1, 0.15) is 11.5 Å². The molecule has 0 spiro atoms. The number of carbonyl (C=O) groups excluding carboxylic acids is 1. The van der Waals surface area contributed by atoms with Gasteiger partial charge in [0, 0.05) is 12.2 Å². The second kappa shape index (κ2) is 8.68. The first-order valence-electron chi connectivity index (χ1n) is 7.64. The summed E-state index contributed by atoms with van der Waals surface area (Å²) in [7, 11) is 0. The van der Waals surface area contributed by atoms with Gasteiger partial charge in [-0.15, -0.1) is 0 Å². The van der Waals surface area contributed by atoms with Crippen LogP contribution in [0.2, 0.25) is 0 Å². The normalized spacial score (nSPS) is 10.1. The summed E-state index contributed by atoms with van der Waals surface area (Å²) < 4.78 is 10.8. The van der Waals surface area contributed by atoms with E-state index in [9.17, 15) is 4.79 Å². The van der Waals surface area contributed by atoms with Gasteiger partial charge in [0.15, 0.2) is 6.61 Å². The molecule has 23 heavy (non-hydrogen) atoms. The largest absolute Gasteiger partial charge is 0.494 e. The molecular weight excluding hydrogens is 292 g/mol. The molecule has 0 aliphatic rings. The predicted octanol–water partition coefficient (Wildman–Crippen LogP) is 2.41. The van der Waals surface area contributed by atoms with Gasteiger partial charge in [-0.25, -0.2) is 0 Å². The van der Waals surface area contributed by atoms with Crippen LogP contribution in [0.1, 0.15) is 12.5 Å². The summed E-state index contributed by atoms with van der Waals surface area (Å²) in [4.78, 5) is 11.7. The van der Waals surface area contributed by atoms with Crippen molar-refractivity contribution < 1.29 is 14.3 Å². The van der Waals surface area contributed by atoms with E-state index in [-0.39, 0.29) is 12.5 Å². The van der Waals surface area contributed by atoms with Crippen molar-refractivity contribution in [2.45, 2.75) is 13.3 Å². The standard InChI is InChI=1S/C18H22N2O3/c1-2-22-16-7-9-17(10-8-16)23-13-18(21)20-12-11-14-3-5-15(19)6-4-14/h3-10H,2,11-13,19H2,1H3,(H,20,21). The van der Waals surface area contributed by atoms with E-state index >= 15 is 0 Å². The van der Waals surface area contributed by atoms with Crippen molar-refractivity contribution in [3.05, 3.63) is 54.1 Å². The molecule has 0 heterocycles. The number of anilines is 1. The van der Waals surface area contributed by atoms with E-state index in [0.29, 0.717) is 18.9 Å². The van der Waals surface area contributed by atoms with Gasteiger partial charge in [0.05, 0.1) is 6.61 Å². The molecule has 0 fully saturated rings. The number of nitrogen functional groups attached to an aromatic ring is 1. The monoisotopic (exact) mass is 314 g/mol. The number of benzene rings is 2. The zero-order valence-electron chi connectivity index (χ0n) is 13.2. The Labute approximate surface area is 136 Å². The highest BCUT2D eigenvalue weighted by atomic mass is 16.5. The highest BCUT2D eigenvalue weighted by Gasteiger charge is 2.03. The molecule has 0 aliphatic heterocycles. The van der Waals surface area contributed by atoms with Gasteiger partial charge in [-0.3, -0.25) is 4.79 Å². The Bertz CT molecular complexity index is 609. The van der Waals surface area contributed by atoms with E-state index in [1.165, 1.54) is 0 Å². The Morgan fingerprint density at radius 2 is 1.61 bits per heavy atom. The molecule has 0 saturated carbocycles. The number of nitrogens with one attached hydrogen (secondary N) is 1. The lowest BCUT2D eigenvalue weighted by atomic mass is 10.1. The van der Waals surface area contributed by atoms with Crippen LogP contribution in [0, 0.1) is 0 Å². The van der Waals surface area contributed by atoms with Gasteiger partial charge < -0.3 is 20.5 Å². The molecule has 0 radical (unpaired) electrons. The predicted molar refractivity (Wildman–Crippen MR) is 90.7 cm³/mol. The molecule has 2 aromatic carbocycles. The molecule has 5 heteroatoms. The zero-order valence-corrected chi connectivity index (χ0v) is 13.2. The Hall–Kier alpha value is -2.69. The second-order valence-corrected chi connectivity index (χ2v) is 5.03. The van der Waals surface area contributed by atoms with Gasteiger partial charge in [-0.1, -0.05) is 12.1 Å². The quantitative estimate of drug-likeness (QED) is 0.734. The number of hydrogen-bond donors (Lipinski definition) is 2. The van der Waals surface area contributed by atoms with Crippen LogP contribution in [0.5, 0.6) is 11.5 Å². The lowest BCUT2D eigenvalue weighted by Gasteiger charge is -2.08. The van der Waals surface area contributed by atoms with Crippen LogP contribution in [0.15, 0.2) is 48.5 Å². The summed E-state index contributed by atoms with van der Waals surface area (Å²) in [5, 5.41) is 2.83. The molecule has 0 saturated heterocycles. The molecular formula is C18H22N2O3. The Balaban J connectivity index is 1.67. The first-order valence-corrected chi connectivity index (χ1v) is 7.64. The van der Waals surface area contributed by atoms with E-state index in [0.717, 1.165) is 23.4 Å². The lowest BCUT2D eigenvalue weighted by molar-refractivity contribution is -0.123. The Morgan fingerprint density at radius 1 is 1.00 bits per heavy atom. The maximum atomic E-state index is 11.7. The van der Waals surface area contributed by atoms with E-state index in [2.05, 4.69) is 5.32 Å². The molecule has 0 bridgehead atoms. The minimum absolute atomic E-state index is 0.00425. The van der Waals surface area contributed by atoms with Crippen LogP contribution in [-0.4, -0.2) is 25.7 Å². The van der Waals surface area contributed by atoms with Gasteiger partial charge in [-0.2, -0.15) is 0 Å². The first-order chi connectivity index (χ1) is 11.2. The van der Waals surface area contributed by atoms with Crippen molar-refractivity contribution in [3.8, 4) is 11.5 Å². The van der Waals surface area contributed by atoms with Crippen molar-refractivity contribution in [1.29, 1.82) is 0 Å². The average Bonchev–Trinajstić information content (AvgIpc) is 2.56. The fourth-order valence-corrected chi connectivity index (χ4v) is 2.03. The van der Waals surface area contributed by atoms with Crippen molar-refractivity contribution >= 4 is 11.6 Å². The number of hydrogen-bond acceptors (Lipinski definition) is 4. The first kappa shape index (κ1) is 16.7. The topological polar surface area (TPSA) is 73.6 Å². The van der Waals surface area contributed by atoms with Gasteiger partial charge in [0.2, 0.25) is 0 Å². The maximum Gasteiger partial charge on any atom is 0.257 e. The Morgan fingerprint density at radius 3 is 2.22 bits per heavy atom. The van der Waals surface area contributed by atoms with E-state index < -0.39 is 0 Å². The fourth-order valence-electron chi connectivity index (χ4n) is 2.03. The number of carbonyl (C=O) groups is 1. The van der Waals surface area contributed by atoms with Crippen molar-refractivity contribution in [2.75, 3.05) is 25.5 Å². The second-order valence-electron chi connectivity index (χ2n) is 5.03. The third-order valence-electron chi connectivity index (χ3n) is 3.22.